The number of methoxy groups -OCH3 is 1. The van der Waals surface area contributed by atoms with Gasteiger partial charge in [-0.15, -0.1) is 0 Å². The number of anilines is 1. The highest BCUT2D eigenvalue weighted by Gasteiger charge is 2.14. The molecule has 2 heterocycles. The van der Waals surface area contributed by atoms with Gasteiger partial charge >= 0.3 is 0 Å². The molecule has 0 aliphatic carbocycles. The second-order valence-corrected chi connectivity index (χ2v) is 6.81. The Morgan fingerprint density at radius 1 is 1.37 bits per heavy atom. The highest BCUT2D eigenvalue weighted by molar-refractivity contribution is 6.01. The van der Waals surface area contributed by atoms with E-state index in [0.717, 1.165) is 11.9 Å². The SMILES string of the molecule is CO/C(N)=C(/C=Nc1cncc(C)c1)CNc1cccc(C(=N)N(C=N)C(C)C)n1. The first kappa shape index (κ1) is 22.5. The fourth-order valence-electron chi connectivity index (χ4n) is 2.54. The summed E-state index contributed by atoms with van der Waals surface area (Å²) in [5, 5.41) is 19.0. The molecule has 30 heavy (non-hydrogen) atoms. The number of aliphatic imine (C=N–C) groups is 1. The van der Waals surface area contributed by atoms with Crippen molar-refractivity contribution in [1.82, 2.24) is 14.9 Å². The van der Waals surface area contributed by atoms with Crippen LogP contribution in [0, 0.1) is 17.7 Å². The Morgan fingerprint density at radius 2 is 2.13 bits per heavy atom. The van der Waals surface area contributed by atoms with Gasteiger partial charge in [-0.05, 0) is 44.5 Å². The van der Waals surface area contributed by atoms with E-state index in [1.807, 2.05) is 26.8 Å². The molecule has 0 aromatic carbocycles. The lowest BCUT2D eigenvalue weighted by Gasteiger charge is -2.23. The zero-order chi connectivity index (χ0) is 22.1. The molecule has 9 heteroatoms. The molecular weight excluding hydrogens is 380 g/mol. The van der Waals surface area contributed by atoms with Gasteiger partial charge in [-0.1, -0.05) is 6.07 Å². The van der Waals surface area contributed by atoms with Crippen LogP contribution < -0.4 is 11.1 Å². The molecule has 0 aliphatic heterocycles. The molecule has 0 saturated heterocycles. The van der Waals surface area contributed by atoms with E-state index in [1.165, 1.54) is 12.0 Å². The fraction of sp³-hybridized carbons (Fsp3) is 0.286. The summed E-state index contributed by atoms with van der Waals surface area (Å²) >= 11 is 0. The molecule has 158 valence electrons. The number of hydrogen-bond donors (Lipinski definition) is 4. The number of aromatic nitrogens is 2. The van der Waals surface area contributed by atoms with Crippen LogP contribution in [0.2, 0.25) is 0 Å². The molecule has 0 atom stereocenters. The summed E-state index contributed by atoms with van der Waals surface area (Å²) in [5.74, 6) is 0.966. The van der Waals surface area contributed by atoms with Crippen LogP contribution in [-0.4, -0.2) is 53.0 Å². The molecule has 0 aliphatic rings. The summed E-state index contributed by atoms with van der Waals surface area (Å²) in [4.78, 5) is 14.5. The van der Waals surface area contributed by atoms with Crippen LogP contribution in [0.15, 0.2) is 53.1 Å². The number of nitrogens with one attached hydrogen (secondary N) is 3. The van der Waals surface area contributed by atoms with E-state index in [2.05, 4.69) is 20.3 Å². The topological polar surface area (TPSA) is 136 Å². The summed E-state index contributed by atoms with van der Waals surface area (Å²) in [6.45, 7) is 6.10. The summed E-state index contributed by atoms with van der Waals surface area (Å²) in [6.07, 6.45) is 6.18. The van der Waals surface area contributed by atoms with Gasteiger partial charge in [-0.3, -0.25) is 20.8 Å². The van der Waals surface area contributed by atoms with Crippen LogP contribution in [0.3, 0.4) is 0 Å². The number of ether oxygens (including phenoxy) is 1. The first-order valence-electron chi connectivity index (χ1n) is 9.42. The smallest absolute Gasteiger partial charge is 0.190 e. The van der Waals surface area contributed by atoms with Crippen molar-refractivity contribution >= 4 is 29.9 Å². The second kappa shape index (κ2) is 10.7. The van der Waals surface area contributed by atoms with Crippen LogP contribution in [0.1, 0.15) is 25.1 Å². The molecule has 0 amide bonds. The number of aryl methyl sites for hydroxylation is 1. The molecule has 0 radical (unpaired) electrons. The van der Waals surface area contributed by atoms with E-state index in [-0.39, 0.29) is 17.8 Å². The molecule has 9 nitrogen and oxygen atoms in total. The van der Waals surface area contributed by atoms with E-state index >= 15 is 0 Å². The van der Waals surface area contributed by atoms with Gasteiger partial charge in [0.1, 0.15) is 11.5 Å². The summed E-state index contributed by atoms with van der Waals surface area (Å²) in [7, 11) is 1.50. The van der Waals surface area contributed by atoms with Gasteiger partial charge in [0.05, 0.1) is 25.3 Å². The van der Waals surface area contributed by atoms with Crippen molar-refractivity contribution in [3.8, 4) is 0 Å². The molecular formula is C21H28N8O. The van der Waals surface area contributed by atoms with Crippen molar-refractivity contribution in [2.75, 3.05) is 19.0 Å². The van der Waals surface area contributed by atoms with Crippen molar-refractivity contribution in [3.63, 3.8) is 0 Å². The van der Waals surface area contributed by atoms with Crippen molar-refractivity contribution in [1.29, 1.82) is 10.8 Å². The molecule has 5 N–H and O–H groups in total. The van der Waals surface area contributed by atoms with Gasteiger partial charge in [0, 0.05) is 30.6 Å². The number of rotatable bonds is 9. The monoisotopic (exact) mass is 408 g/mol. The Kier molecular flexibility index (Phi) is 8.04. The number of nitrogens with two attached hydrogens (primary N) is 1. The largest absolute Gasteiger partial charge is 0.482 e. The van der Waals surface area contributed by atoms with Crippen molar-refractivity contribution in [2.24, 2.45) is 10.7 Å². The molecule has 0 saturated carbocycles. The Bertz CT molecular complexity index is 952. The van der Waals surface area contributed by atoms with Gasteiger partial charge in [0.15, 0.2) is 11.7 Å². The van der Waals surface area contributed by atoms with Crippen molar-refractivity contribution in [2.45, 2.75) is 26.8 Å². The first-order chi connectivity index (χ1) is 14.3. The third-order valence-electron chi connectivity index (χ3n) is 4.17. The van der Waals surface area contributed by atoms with Crippen LogP contribution >= 0.6 is 0 Å². The Balaban J connectivity index is 2.16. The van der Waals surface area contributed by atoms with Gasteiger partial charge in [-0.25, -0.2) is 4.98 Å². The third kappa shape index (κ3) is 6.13. The van der Waals surface area contributed by atoms with Crippen molar-refractivity contribution < 1.29 is 4.74 Å². The number of amidine groups is 1. The van der Waals surface area contributed by atoms with Gasteiger partial charge in [-0.2, -0.15) is 0 Å². The van der Waals surface area contributed by atoms with Crippen LogP contribution in [0.5, 0.6) is 0 Å². The molecule has 0 unspecified atom stereocenters. The molecule has 0 spiro atoms. The minimum absolute atomic E-state index is 0.0169. The van der Waals surface area contributed by atoms with E-state index in [0.29, 0.717) is 29.3 Å². The highest BCUT2D eigenvalue weighted by Crippen LogP contribution is 2.13. The van der Waals surface area contributed by atoms with E-state index in [1.54, 1.807) is 36.8 Å². The summed E-state index contributed by atoms with van der Waals surface area (Å²) < 4.78 is 5.17. The molecule has 2 rings (SSSR count). The van der Waals surface area contributed by atoms with Gasteiger partial charge in [0.25, 0.3) is 0 Å². The second-order valence-electron chi connectivity index (χ2n) is 6.81. The third-order valence-corrected chi connectivity index (χ3v) is 4.17. The van der Waals surface area contributed by atoms with Crippen LogP contribution in [0.25, 0.3) is 0 Å². The minimum atomic E-state index is -0.0169. The minimum Gasteiger partial charge on any atom is -0.482 e. The van der Waals surface area contributed by atoms with E-state index in [9.17, 15) is 0 Å². The molecule has 0 bridgehead atoms. The lowest BCUT2D eigenvalue weighted by Crippen LogP contribution is -2.36. The quantitative estimate of drug-likeness (QED) is 0.286. The first-order valence-corrected chi connectivity index (χ1v) is 9.42. The summed E-state index contributed by atoms with van der Waals surface area (Å²) in [6, 6.07) is 7.23. The van der Waals surface area contributed by atoms with E-state index < -0.39 is 0 Å². The lowest BCUT2D eigenvalue weighted by atomic mass is 10.2. The number of pyridine rings is 2. The maximum absolute atomic E-state index is 8.32. The molecule has 0 fully saturated rings. The van der Waals surface area contributed by atoms with Crippen LogP contribution in [0.4, 0.5) is 11.5 Å². The summed E-state index contributed by atoms with van der Waals surface area (Å²) in [5.41, 5.74) is 8.80. The van der Waals surface area contributed by atoms with Gasteiger partial charge in [0.2, 0.25) is 0 Å². The zero-order valence-corrected chi connectivity index (χ0v) is 17.7. The molecule has 2 aromatic rings. The Labute approximate surface area is 176 Å². The number of nitrogens with zero attached hydrogens (tertiary/aromatic N) is 4. The number of hydrogen-bond acceptors (Lipinski definition) is 8. The maximum atomic E-state index is 8.32. The Morgan fingerprint density at radius 3 is 2.77 bits per heavy atom. The predicted molar refractivity (Wildman–Crippen MR) is 121 cm³/mol. The normalized spacial score (nSPS) is 11.9. The predicted octanol–water partition coefficient (Wildman–Crippen LogP) is 3.06. The fourth-order valence-corrected chi connectivity index (χ4v) is 2.54. The average molecular weight is 409 g/mol. The maximum Gasteiger partial charge on any atom is 0.190 e. The lowest BCUT2D eigenvalue weighted by molar-refractivity contribution is 0.284. The molecule has 2 aromatic heterocycles. The standard InChI is InChI=1S/C21H28N8O/c1-14(2)29(13-22)20(23)18-6-5-7-19(28-18)27-11-16(21(24)30-4)10-26-17-8-15(3)9-25-12-17/h5-10,12-14,22-23H,11,24H2,1-4H3,(H,27,28)/b21-16-,22-13?,23-20?,26-10?. The zero-order valence-electron chi connectivity index (χ0n) is 17.7. The van der Waals surface area contributed by atoms with Gasteiger partial charge < -0.3 is 20.7 Å². The average Bonchev–Trinajstić information content (AvgIpc) is 2.73. The van der Waals surface area contributed by atoms with Crippen molar-refractivity contribution in [3.05, 3.63) is 59.4 Å². The van der Waals surface area contributed by atoms with Crippen LogP contribution in [-0.2, 0) is 4.74 Å². The highest BCUT2D eigenvalue weighted by atomic mass is 16.5. The Hall–Kier alpha value is -3.75. The van der Waals surface area contributed by atoms with E-state index in [4.69, 9.17) is 21.3 Å².